The van der Waals surface area contributed by atoms with E-state index in [1.54, 1.807) is 6.07 Å². The summed E-state index contributed by atoms with van der Waals surface area (Å²) >= 11 is 0. The number of ether oxygens (including phenoxy) is 1. The van der Waals surface area contributed by atoms with Crippen molar-refractivity contribution in [1.82, 2.24) is 15.2 Å². The van der Waals surface area contributed by atoms with Gasteiger partial charge in [0.25, 0.3) is 0 Å². The molecule has 10 heteroatoms. The van der Waals surface area contributed by atoms with Crippen molar-refractivity contribution in [2.45, 2.75) is 12.8 Å². The zero-order valence-electron chi connectivity index (χ0n) is 20.4. The monoisotopic (exact) mass is 525 g/mol. The number of H-pyrrole nitrogens is 1. The zero-order valence-corrected chi connectivity index (χ0v) is 20.4. The zero-order chi connectivity index (χ0) is 27.0. The Morgan fingerprint density at radius 3 is 2.23 bits per heavy atom. The highest BCUT2D eigenvalue weighted by molar-refractivity contribution is 6.16. The van der Waals surface area contributed by atoms with E-state index >= 15 is 4.39 Å². The molecule has 3 N–H and O–H groups in total. The third kappa shape index (κ3) is 4.68. The van der Waals surface area contributed by atoms with Crippen LogP contribution < -0.4 is 15.4 Å². The molecule has 0 bridgehead atoms. The summed E-state index contributed by atoms with van der Waals surface area (Å²) in [7, 11) is 0. The van der Waals surface area contributed by atoms with E-state index < -0.39 is 28.9 Å². The highest BCUT2D eigenvalue weighted by Crippen LogP contribution is 2.47. The molecule has 1 saturated carbocycles. The van der Waals surface area contributed by atoms with Crippen LogP contribution in [0.1, 0.15) is 12.8 Å². The summed E-state index contributed by atoms with van der Waals surface area (Å²) in [6, 6.07) is 20.4. The number of aromatic nitrogens is 3. The van der Waals surface area contributed by atoms with Gasteiger partial charge in [0.15, 0.2) is 17.2 Å². The highest BCUT2D eigenvalue weighted by Gasteiger charge is 2.56. The molecule has 3 aromatic carbocycles. The average molecular weight is 526 g/mol. The van der Waals surface area contributed by atoms with Crippen LogP contribution in [0.4, 0.5) is 20.2 Å². The lowest BCUT2D eigenvalue weighted by Gasteiger charge is -2.16. The average Bonchev–Trinajstić information content (AvgIpc) is 3.65. The maximum Gasteiger partial charge on any atom is 0.240 e. The smallest absolute Gasteiger partial charge is 0.240 e. The van der Waals surface area contributed by atoms with Crippen molar-refractivity contribution in [2.75, 3.05) is 10.6 Å². The number of rotatable bonds is 7. The first kappa shape index (κ1) is 24.2. The molecule has 39 heavy (non-hydrogen) atoms. The molecule has 0 saturated heterocycles. The molecular formula is C29H21F2N5O3. The van der Waals surface area contributed by atoms with Gasteiger partial charge in [0, 0.05) is 29.2 Å². The number of amides is 2. The molecule has 0 spiro atoms. The fourth-order valence-corrected chi connectivity index (χ4v) is 4.31. The fraction of sp³-hybridized carbons (Fsp3) is 0.103. The Labute approximate surface area is 221 Å². The Morgan fingerprint density at radius 1 is 0.846 bits per heavy atom. The van der Waals surface area contributed by atoms with Gasteiger partial charge in [-0.3, -0.25) is 14.7 Å². The van der Waals surface area contributed by atoms with Crippen molar-refractivity contribution < 1.29 is 23.1 Å². The number of hydrogen-bond donors (Lipinski definition) is 3. The predicted octanol–water partition coefficient (Wildman–Crippen LogP) is 6.05. The lowest BCUT2D eigenvalue weighted by molar-refractivity contribution is -0.131. The van der Waals surface area contributed by atoms with Gasteiger partial charge in [-0.05, 0) is 55.3 Å². The molecule has 2 amide bonds. The van der Waals surface area contributed by atoms with Gasteiger partial charge in [0.1, 0.15) is 17.0 Å². The van der Waals surface area contributed by atoms with Crippen LogP contribution >= 0.6 is 0 Å². The molecule has 2 aromatic heterocycles. The van der Waals surface area contributed by atoms with Crippen molar-refractivity contribution in [3.05, 3.63) is 96.7 Å². The van der Waals surface area contributed by atoms with E-state index in [4.69, 9.17) is 4.74 Å². The molecule has 1 aliphatic rings. The van der Waals surface area contributed by atoms with Crippen molar-refractivity contribution >= 4 is 34.2 Å². The molecule has 0 unspecified atom stereocenters. The number of halogens is 2. The molecule has 0 radical (unpaired) electrons. The second kappa shape index (κ2) is 9.64. The van der Waals surface area contributed by atoms with Crippen LogP contribution in [-0.2, 0) is 9.59 Å². The van der Waals surface area contributed by atoms with Crippen LogP contribution in [0.3, 0.4) is 0 Å². The lowest BCUT2D eigenvalue weighted by atomic mass is 10.0. The van der Waals surface area contributed by atoms with Crippen LogP contribution in [0.2, 0.25) is 0 Å². The van der Waals surface area contributed by atoms with E-state index in [2.05, 4.69) is 25.8 Å². The second-order valence-electron chi connectivity index (χ2n) is 9.22. The number of carbonyl (C=O) groups excluding carboxylic acids is 2. The third-order valence-electron chi connectivity index (χ3n) is 6.61. The number of carbonyl (C=O) groups is 2. The first-order valence-electron chi connectivity index (χ1n) is 12.2. The summed E-state index contributed by atoms with van der Waals surface area (Å²) in [5.41, 5.74) is 1.27. The van der Waals surface area contributed by atoms with Gasteiger partial charge in [0.2, 0.25) is 11.8 Å². The van der Waals surface area contributed by atoms with Crippen LogP contribution in [0.15, 0.2) is 85.1 Å². The summed E-state index contributed by atoms with van der Waals surface area (Å²) in [6.45, 7) is 0. The minimum absolute atomic E-state index is 0.0594. The Bertz CT molecular complexity index is 1700. The standard InChI is InChI=1S/C29H21F2N5O3/c30-18-6-8-19(9-7-18)33-27(37)29(13-14-29)28(38)34-20-10-11-22(21(31)16-20)39-23-12-15-32-26-24(23)25(35-36-26)17-4-2-1-3-5-17/h1-12,15-16H,13-14H2,(H,33,37)(H,34,38)(H,32,35,36). The topological polar surface area (TPSA) is 109 Å². The predicted molar refractivity (Wildman–Crippen MR) is 141 cm³/mol. The molecule has 194 valence electrons. The van der Waals surface area contributed by atoms with Gasteiger partial charge >= 0.3 is 0 Å². The van der Waals surface area contributed by atoms with Crippen LogP contribution in [-0.4, -0.2) is 27.0 Å². The largest absolute Gasteiger partial charge is 0.453 e. The Kier molecular flexibility index (Phi) is 5.99. The van der Waals surface area contributed by atoms with Gasteiger partial charge in [-0.1, -0.05) is 30.3 Å². The van der Waals surface area contributed by atoms with Gasteiger partial charge in [-0.25, -0.2) is 13.8 Å². The quantitative estimate of drug-likeness (QED) is 0.224. The highest BCUT2D eigenvalue weighted by atomic mass is 19.1. The maximum absolute atomic E-state index is 15.1. The number of hydrogen-bond acceptors (Lipinski definition) is 5. The normalized spacial score (nSPS) is 13.6. The van der Waals surface area contributed by atoms with Gasteiger partial charge in [0.05, 0.1) is 11.1 Å². The third-order valence-corrected chi connectivity index (χ3v) is 6.61. The van der Waals surface area contributed by atoms with E-state index in [0.29, 0.717) is 41.0 Å². The first-order chi connectivity index (χ1) is 18.9. The van der Waals surface area contributed by atoms with Crippen molar-refractivity contribution in [1.29, 1.82) is 0 Å². The summed E-state index contributed by atoms with van der Waals surface area (Å²) < 4.78 is 34.2. The van der Waals surface area contributed by atoms with Crippen molar-refractivity contribution in [3.63, 3.8) is 0 Å². The number of aromatic amines is 1. The number of fused-ring (bicyclic) bond motifs is 1. The van der Waals surface area contributed by atoms with E-state index in [1.165, 1.54) is 42.6 Å². The molecular weight excluding hydrogens is 504 g/mol. The molecule has 2 heterocycles. The lowest BCUT2D eigenvalue weighted by Crippen LogP contribution is -2.35. The number of anilines is 2. The minimum Gasteiger partial charge on any atom is -0.453 e. The molecule has 0 atom stereocenters. The second-order valence-corrected chi connectivity index (χ2v) is 9.22. The van der Waals surface area contributed by atoms with E-state index in [0.717, 1.165) is 11.6 Å². The summed E-state index contributed by atoms with van der Waals surface area (Å²) in [5, 5.41) is 13.1. The van der Waals surface area contributed by atoms with E-state index in [1.807, 2.05) is 30.3 Å². The fourth-order valence-electron chi connectivity index (χ4n) is 4.31. The van der Waals surface area contributed by atoms with Crippen LogP contribution in [0.25, 0.3) is 22.3 Å². The summed E-state index contributed by atoms with van der Waals surface area (Å²) in [4.78, 5) is 30.0. The van der Waals surface area contributed by atoms with Gasteiger partial charge in [-0.2, -0.15) is 5.10 Å². The number of nitrogens with one attached hydrogen (secondary N) is 3. The molecule has 1 fully saturated rings. The number of pyridine rings is 1. The Morgan fingerprint density at radius 2 is 1.54 bits per heavy atom. The molecule has 0 aliphatic heterocycles. The SMILES string of the molecule is O=C(Nc1ccc(F)cc1)C1(C(=O)Nc2ccc(Oc3ccnc4n[nH]c(-c5ccccc5)c34)c(F)c2)CC1. The minimum atomic E-state index is -1.27. The molecule has 8 nitrogen and oxygen atoms in total. The van der Waals surface area contributed by atoms with E-state index in [-0.39, 0.29) is 11.4 Å². The number of nitrogens with zero attached hydrogens (tertiary/aromatic N) is 2. The van der Waals surface area contributed by atoms with Gasteiger partial charge < -0.3 is 15.4 Å². The van der Waals surface area contributed by atoms with E-state index in [9.17, 15) is 14.0 Å². The maximum atomic E-state index is 15.1. The van der Waals surface area contributed by atoms with Gasteiger partial charge in [-0.15, -0.1) is 0 Å². The molecule has 6 rings (SSSR count). The first-order valence-corrected chi connectivity index (χ1v) is 12.2. The van der Waals surface area contributed by atoms with Crippen molar-refractivity contribution in [2.24, 2.45) is 5.41 Å². The summed E-state index contributed by atoms with van der Waals surface area (Å²) in [6.07, 6.45) is 2.22. The van der Waals surface area contributed by atoms with Crippen molar-refractivity contribution in [3.8, 4) is 22.8 Å². The number of benzene rings is 3. The Balaban J connectivity index is 1.19. The molecule has 1 aliphatic carbocycles. The summed E-state index contributed by atoms with van der Waals surface area (Å²) in [5.74, 6) is -1.88. The van der Waals surface area contributed by atoms with Crippen LogP contribution in [0.5, 0.6) is 11.5 Å². The van der Waals surface area contributed by atoms with Crippen LogP contribution in [0, 0.1) is 17.0 Å². The Hall–Kier alpha value is -5.12. The molecule has 5 aromatic rings.